The van der Waals surface area contributed by atoms with Gasteiger partial charge in [0.2, 0.25) is 0 Å². The molecule has 0 aliphatic carbocycles. The first-order chi connectivity index (χ1) is 17.2. The van der Waals surface area contributed by atoms with Crippen molar-refractivity contribution in [1.29, 1.82) is 0 Å². The number of carbonyl (C=O) groups is 2. The van der Waals surface area contributed by atoms with Crippen LogP contribution in [0.25, 0.3) is 22.3 Å². The second kappa shape index (κ2) is 10.9. The first-order valence-corrected chi connectivity index (χ1v) is 12.0. The Bertz CT molecular complexity index is 1450. The predicted molar refractivity (Wildman–Crippen MR) is 147 cm³/mol. The van der Waals surface area contributed by atoms with Crippen molar-refractivity contribution in [1.82, 2.24) is 0 Å². The molecule has 5 nitrogen and oxygen atoms in total. The molecule has 0 bridgehead atoms. The minimum Gasteiger partial charge on any atom is -0.441 e. The molecule has 3 N–H and O–H groups in total. The van der Waals surface area contributed by atoms with Crippen molar-refractivity contribution in [2.24, 2.45) is 0 Å². The number of hydrogen-bond donors (Lipinski definition) is 2. The van der Waals surface area contributed by atoms with Gasteiger partial charge >= 0.3 is 6.09 Å². The number of hydrogen-bond acceptors (Lipinski definition) is 4. The Hall–Kier alpha value is -3.80. The Morgan fingerprint density at radius 3 is 1.97 bits per heavy atom. The Morgan fingerprint density at radius 2 is 1.39 bits per heavy atom. The van der Waals surface area contributed by atoms with Crippen molar-refractivity contribution >= 4 is 46.5 Å². The number of ketones is 1. The van der Waals surface area contributed by atoms with Crippen LogP contribution in [0.4, 0.5) is 16.2 Å². The maximum atomic E-state index is 11.4. The standard InChI is InChI=1S/C15H12ClNO2.C14H12ClNO/c1-9-13-8-11(10-3-2-4-12(16)7-10)5-6-14(13)17-15(18)19-9;1-9(17)13-8-11(5-6-14(13)16)10-3-2-4-12(15)7-10/h2-9H,1H3,(H,17,18);2-8H,16H2,1H3. The van der Waals surface area contributed by atoms with Gasteiger partial charge in [-0.15, -0.1) is 0 Å². The van der Waals surface area contributed by atoms with Crippen LogP contribution in [0.1, 0.15) is 35.9 Å². The van der Waals surface area contributed by atoms with Gasteiger partial charge in [-0.25, -0.2) is 4.79 Å². The fraction of sp³-hybridized carbons (Fsp3) is 0.103. The summed E-state index contributed by atoms with van der Waals surface area (Å²) in [4.78, 5) is 22.7. The highest BCUT2D eigenvalue weighted by Gasteiger charge is 2.22. The lowest BCUT2D eigenvalue weighted by Gasteiger charge is -2.24. The minimum atomic E-state index is -0.407. The van der Waals surface area contributed by atoms with Crippen LogP contribution in [0.5, 0.6) is 0 Å². The van der Waals surface area contributed by atoms with E-state index in [4.69, 9.17) is 33.7 Å². The van der Waals surface area contributed by atoms with E-state index in [1.165, 1.54) is 6.92 Å². The van der Waals surface area contributed by atoms with Gasteiger partial charge in [-0.2, -0.15) is 0 Å². The van der Waals surface area contributed by atoms with Crippen molar-refractivity contribution in [2.75, 3.05) is 11.1 Å². The summed E-state index contributed by atoms with van der Waals surface area (Å²) >= 11 is 11.9. The molecule has 4 aromatic rings. The first-order valence-electron chi connectivity index (χ1n) is 11.2. The van der Waals surface area contributed by atoms with Crippen LogP contribution >= 0.6 is 23.2 Å². The number of amides is 1. The maximum absolute atomic E-state index is 11.4. The molecule has 1 aliphatic heterocycles. The molecule has 1 heterocycles. The van der Waals surface area contributed by atoms with Gasteiger partial charge in [-0.1, -0.05) is 59.6 Å². The molecule has 36 heavy (non-hydrogen) atoms. The number of ether oxygens (including phenoxy) is 1. The number of rotatable bonds is 3. The second-order valence-electron chi connectivity index (χ2n) is 8.35. The summed E-state index contributed by atoms with van der Waals surface area (Å²) in [5.41, 5.74) is 12.6. The summed E-state index contributed by atoms with van der Waals surface area (Å²) < 4.78 is 5.15. The molecule has 1 atom stereocenters. The van der Waals surface area contributed by atoms with Crippen molar-refractivity contribution < 1.29 is 14.3 Å². The van der Waals surface area contributed by atoms with Gasteiger partial charge in [0.15, 0.2) is 5.78 Å². The number of benzene rings is 4. The quantitative estimate of drug-likeness (QED) is 0.210. The topological polar surface area (TPSA) is 81.4 Å². The van der Waals surface area contributed by atoms with E-state index in [0.717, 1.165) is 33.5 Å². The highest BCUT2D eigenvalue weighted by molar-refractivity contribution is 6.31. The van der Waals surface area contributed by atoms with E-state index in [2.05, 4.69) is 5.32 Å². The fourth-order valence-electron chi connectivity index (χ4n) is 3.93. The van der Waals surface area contributed by atoms with Crippen LogP contribution in [0.2, 0.25) is 10.0 Å². The summed E-state index contributed by atoms with van der Waals surface area (Å²) in [6, 6.07) is 26.5. The van der Waals surface area contributed by atoms with Crippen LogP contribution < -0.4 is 11.1 Å². The van der Waals surface area contributed by atoms with Crippen LogP contribution in [-0.2, 0) is 4.74 Å². The Balaban J connectivity index is 0.000000170. The molecular weight excluding hydrogens is 495 g/mol. The normalized spacial score (nSPS) is 14.0. The van der Waals surface area contributed by atoms with Gasteiger partial charge in [-0.05, 0) is 84.6 Å². The molecule has 4 aromatic carbocycles. The molecule has 0 saturated heterocycles. The largest absolute Gasteiger partial charge is 0.441 e. The van der Waals surface area contributed by atoms with Crippen LogP contribution in [0, 0.1) is 0 Å². The van der Waals surface area contributed by atoms with Gasteiger partial charge in [0.05, 0.1) is 5.69 Å². The third-order valence-electron chi connectivity index (χ3n) is 5.76. The Labute approximate surface area is 219 Å². The lowest BCUT2D eigenvalue weighted by atomic mass is 9.99. The zero-order valence-electron chi connectivity index (χ0n) is 19.7. The molecule has 1 aliphatic rings. The average molecular weight is 519 g/mol. The highest BCUT2D eigenvalue weighted by Crippen LogP contribution is 2.34. The molecule has 1 unspecified atom stereocenters. The van der Waals surface area contributed by atoms with Gasteiger partial charge in [0.1, 0.15) is 6.10 Å². The number of carbonyl (C=O) groups excluding carboxylic acids is 2. The SMILES string of the molecule is CC(=O)c1cc(-c2cccc(Cl)c2)ccc1N.CC1OC(=O)Nc2ccc(-c3cccc(Cl)c3)cc21. The second-order valence-corrected chi connectivity index (χ2v) is 9.23. The molecule has 7 heteroatoms. The number of fused-ring (bicyclic) bond motifs is 1. The molecule has 0 saturated carbocycles. The van der Waals surface area contributed by atoms with Gasteiger partial charge in [0.25, 0.3) is 0 Å². The van der Waals surface area contributed by atoms with E-state index in [1.54, 1.807) is 12.1 Å². The number of cyclic esters (lactones) is 1. The monoisotopic (exact) mass is 518 g/mol. The minimum absolute atomic E-state index is 0.0358. The maximum Gasteiger partial charge on any atom is 0.412 e. The molecule has 5 rings (SSSR count). The number of halogens is 2. The molecule has 0 spiro atoms. The molecule has 0 radical (unpaired) electrons. The smallest absolute Gasteiger partial charge is 0.412 e. The van der Waals surface area contributed by atoms with E-state index in [9.17, 15) is 9.59 Å². The van der Waals surface area contributed by atoms with E-state index in [-0.39, 0.29) is 11.9 Å². The summed E-state index contributed by atoms with van der Waals surface area (Å²) in [5, 5.41) is 4.06. The number of anilines is 2. The number of nitrogen functional groups attached to an aromatic ring is 1. The molecular formula is C29H24Cl2N2O3. The Kier molecular flexibility index (Phi) is 7.63. The van der Waals surface area contributed by atoms with Crippen molar-refractivity contribution in [2.45, 2.75) is 20.0 Å². The molecule has 0 fully saturated rings. The first kappa shape index (κ1) is 25.3. The number of nitrogens with one attached hydrogen (secondary N) is 1. The van der Waals surface area contributed by atoms with E-state index in [0.29, 0.717) is 21.3 Å². The van der Waals surface area contributed by atoms with Crippen LogP contribution in [0.3, 0.4) is 0 Å². The Morgan fingerprint density at radius 1 is 0.833 bits per heavy atom. The zero-order valence-corrected chi connectivity index (χ0v) is 21.2. The van der Waals surface area contributed by atoms with E-state index < -0.39 is 6.09 Å². The predicted octanol–water partition coefficient (Wildman–Crippen LogP) is 8.42. The van der Waals surface area contributed by atoms with Crippen molar-refractivity contribution in [3.63, 3.8) is 0 Å². The lowest BCUT2D eigenvalue weighted by molar-refractivity contribution is 0.101. The molecule has 0 aromatic heterocycles. The fourth-order valence-corrected chi connectivity index (χ4v) is 4.31. The summed E-state index contributed by atoms with van der Waals surface area (Å²) in [6.07, 6.45) is -0.654. The lowest BCUT2D eigenvalue weighted by Crippen LogP contribution is -2.22. The highest BCUT2D eigenvalue weighted by atomic mass is 35.5. The van der Waals surface area contributed by atoms with E-state index in [1.807, 2.05) is 79.7 Å². The van der Waals surface area contributed by atoms with Crippen molar-refractivity contribution in [3.8, 4) is 22.3 Å². The van der Waals surface area contributed by atoms with Gasteiger partial charge in [-0.3, -0.25) is 10.1 Å². The van der Waals surface area contributed by atoms with Gasteiger partial charge in [0, 0.05) is 26.9 Å². The third-order valence-corrected chi connectivity index (χ3v) is 6.23. The summed E-state index contributed by atoms with van der Waals surface area (Å²) in [6.45, 7) is 3.37. The molecule has 1 amide bonds. The van der Waals surface area contributed by atoms with Crippen LogP contribution in [0.15, 0.2) is 84.9 Å². The summed E-state index contributed by atoms with van der Waals surface area (Å²) in [5.74, 6) is -0.0358. The zero-order chi connectivity index (χ0) is 25.8. The number of Topliss-reactive ketones (excluding diaryl/α,β-unsaturated/α-hetero) is 1. The third kappa shape index (κ3) is 5.88. The summed E-state index contributed by atoms with van der Waals surface area (Å²) in [7, 11) is 0. The average Bonchev–Trinajstić information content (AvgIpc) is 2.84. The van der Waals surface area contributed by atoms with E-state index >= 15 is 0 Å². The van der Waals surface area contributed by atoms with Crippen molar-refractivity contribution in [3.05, 3.63) is 106 Å². The number of nitrogens with two attached hydrogens (primary N) is 1. The van der Waals surface area contributed by atoms with Gasteiger partial charge < -0.3 is 10.5 Å². The van der Waals surface area contributed by atoms with Crippen LogP contribution in [-0.4, -0.2) is 11.9 Å². The molecule has 182 valence electrons.